The SMILES string of the molecule is CC(=O)N(CCNC(=O)c1ccc(C)c(C)c1)c1ccc(C#N)cc1. The van der Waals surface area contributed by atoms with Gasteiger partial charge < -0.3 is 10.2 Å². The zero-order chi connectivity index (χ0) is 18.4. The largest absolute Gasteiger partial charge is 0.350 e. The minimum absolute atomic E-state index is 0.120. The first-order valence-corrected chi connectivity index (χ1v) is 8.06. The molecule has 1 N–H and O–H groups in total. The lowest BCUT2D eigenvalue weighted by Crippen LogP contribution is -2.37. The third kappa shape index (κ3) is 4.67. The summed E-state index contributed by atoms with van der Waals surface area (Å²) >= 11 is 0. The molecule has 0 saturated heterocycles. The van der Waals surface area contributed by atoms with Crippen LogP contribution in [0.25, 0.3) is 0 Å². The molecule has 0 atom stereocenters. The first-order valence-electron chi connectivity index (χ1n) is 8.06. The number of rotatable bonds is 5. The van der Waals surface area contributed by atoms with Crippen molar-refractivity contribution in [3.63, 3.8) is 0 Å². The number of carbonyl (C=O) groups is 2. The number of benzene rings is 2. The van der Waals surface area contributed by atoms with Gasteiger partial charge in [0.2, 0.25) is 5.91 Å². The van der Waals surface area contributed by atoms with E-state index < -0.39 is 0 Å². The fourth-order valence-corrected chi connectivity index (χ4v) is 2.45. The highest BCUT2D eigenvalue weighted by molar-refractivity contribution is 5.95. The van der Waals surface area contributed by atoms with Crippen LogP contribution in [0.4, 0.5) is 5.69 Å². The van der Waals surface area contributed by atoms with Crippen molar-refractivity contribution in [1.82, 2.24) is 5.32 Å². The Kier molecular flexibility index (Phi) is 5.91. The van der Waals surface area contributed by atoms with Crippen molar-refractivity contribution >= 4 is 17.5 Å². The zero-order valence-corrected chi connectivity index (χ0v) is 14.7. The first kappa shape index (κ1) is 18.2. The minimum atomic E-state index is -0.161. The Labute approximate surface area is 147 Å². The van der Waals surface area contributed by atoms with E-state index in [2.05, 4.69) is 5.32 Å². The van der Waals surface area contributed by atoms with Gasteiger partial charge in [0.15, 0.2) is 0 Å². The van der Waals surface area contributed by atoms with Crippen molar-refractivity contribution in [2.75, 3.05) is 18.0 Å². The van der Waals surface area contributed by atoms with Gasteiger partial charge in [-0.2, -0.15) is 5.26 Å². The number of nitrogens with zero attached hydrogens (tertiary/aromatic N) is 2. The standard InChI is InChI=1S/C20H21N3O2/c1-14-4-7-18(12-15(14)2)20(25)22-10-11-23(16(3)24)19-8-5-17(13-21)6-9-19/h4-9,12H,10-11H2,1-3H3,(H,22,25). The highest BCUT2D eigenvalue weighted by Crippen LogP contribution is 2.15. The van der Waals surface area contributed by atoms with Crippen molar-refractivity contribution in [2.45, 2.75) is 20.8 Å². The monoisotopic (exact) mass is 335 g/mol. The average molecular weight is 335 g/mol. The number of nitrogens with one attached hydrogen (secondary N) is 1. The van der Waals surface area contributed by atoms with Crippen LogP contribution in [0.2, 0.25) is 0 Å². The number of carbonyl (C=O) groups excluding carboxylic acids is 2. The summed E-state index contributed by atoms with van der Waals surface area (Å²) in [6, 6.07) is 14.4. The lowest BCUT2D eigenvalue weighted by Gasteiger charge is -2.21. The highest BCUT2D eigenvalue weighted by atomic mass is 16.2. The molecule has 0 radical (unpaired) electrons. The van der Waals surface area contributed by atoms with Gasteiger partial charge in [-0.1, -0.05) is 6.07 Å². The van der Waals surface area contributed by atoms with Gasteiger partial charge in [-0.15, -0.1) is 0 Å². The molecule has 0 aliphatic carbocycles. The fourth-order valence-electron chi connectivity index (χ4n) is 2.45. The van der Waals surface area contributed by atoms with Crippen molar-refractivity contribution in [3.8, 4) is 6.07 Å². The summed E-state index contributed by atoms with van der Waals surface area (Å²) in [7, 11) is 0. The molecular formula is C20H21N3O2. The molecule has 0 fully saturated rings. The predicted molar refractivity (Wildman–Crippen MR) is 97.4 cm³/mol. The summed E-state index contributed by atoms with van der Waals surface area (Å²) < 4.78 is 0. The normalized spacial score (nSPS) is 10.0. The van der Waals surface area contributed by atoms with E-state index in [0.717, 1.165) is 11.1 Å². The molecule has 2 aromatic carbocycles. The Bertz CT molecular complexity index is 820. The van der Waals surface area contributed by atoms with Crippen LogP contribution < -0.4 is 10.2 Å². The maximum atomic E-state index is 12.2. The van der Waals surface area contributed by atoms with E-state index in [4.69, 9.17) is 5.26 Å². The van der Waals surface area contributed by atoms with Gasteiger partial charge in [-0.25, -0.2) is 0 Å². The number of anilines is 1. The van der Waals surface area contributed by atoms with E-state index in [1.807, 2.05) is 32.0 Å². The molecule has 0 bridgehead atoms. The summed E-state index contributed by atoms with van der Waals surface area (Å²) in [6.45, 7) is 6.14. The van der Waals surface area contributed by atoms with E-state index >= 15 is 0 Å². The Morgan fingerprint density at radius 3 is 2.32 bits per heavy atom. The zero-order valence-electron chi connectivity index (χ0n) is 14.7. The third-order valence-corrected chi connectivity index (χ3v) is 4.08. The minimum Gasteiger partial charge on any atom is -0.350 e. The number of amides is 2. The molecule has 0 spiro atoms. The Morgan fingerprint density at radius 1 is 1.08 bits per heavy atom. The Hall–Kier alpha value is -3.13. The molecule has 0 saturated carbocycles. The smallest absolute Gasteiger partial charge is 0.251 e. The second-order valence-electron chi connectivity index (χ2n) is 5.88. The molecule has 0 aliphatic rings. The molecule has 5 nitrogen and oxygen atoms in total. The van der Waals surface area contributed by atoms with E-state index in [9.17, 15) is 9.59 Å². The van der Waals surface area contributed by atoms with Crippen LogP contribution in [0, 0.1) is 25.2 Å². The van der Waals surface area contributed by atoms with Crippen LogP contribution in [0.1, 0.15) is 34.0 Å². The molecule has 25 heavy (non-hydrogen) atoms. The molecule has 2 amide bonds. The Balaban J connectivity index is 1.99. The van der Waals surface area contributed by atoms with Gasteiger partial charge in [0, 0.05) is 31.3 Å². The van der Waals surface area contributed by atoms with Gasteiger partial charge in [-0.3, -0.25) is 9.59 Å². The average Bonchev–Trinajstić information content (AvgIpc) is 2.60. The predicted octanol–water partition coefficient (Wildman–Crippen LogP) is 2.96. The highest BCUT2D eigenvalue weighted by Gasteiger charge is 2.12. The van der Waals surface area contributed by atoms with Crippen LogP contribution >= 0.6 is 0 Å². The number of hydrogen-bond acceptors (Lipinski definition) is 3. The van der Waals surface area contributed by atoms with Crippen LogP contribution in [-0.4, -0.2) is 24.9 Å². The van der Waals surface area contributed by atoms with Crippen molar-refractivity contribution in [3.05, 3.63) is 64.7 Å². The quantitative estimate of drug-likeness (QED) is 0.913. The fraction of sp³-hybridized carbons (Fsp3) is 0.250. The lowest BCUT2D eigenvalue weighted by atomic mass is 10.1. The van der Waals surface area contributed by atoms with Gasteiger partial charge in [0.05, 0.1) is 11.6 Å². The summed E-state index contributed by atoms with van der Waals surface area (Å²) in [5.74, 6) is -0.281. The van der Waals surface area contributed by atoms with E-state index in [-0.39, 0.29) is 11.8 Å². The molecule has 128 valence electrons. The molecule has 0 aromatic heterocycles. The van der Waals surface area contributed by atoms with Crippen molar-refractivity contribution in [2.24, 2.45) is 0 Å². The second-order valence-corrected chi connectivity index (χ2v) is 5.88. The van der Waals surface area contributed by atoms with Crippen molar-refractivity contribution < 1.29 is 9.59 Å². The number of aryl methyl sites for hydroxylation is 2. The second kappa shape index (κ2) is 8.11. The Morgan fingerprint density at radius 2 is 1.76 bits per heavy atom. The topological polar surface area (TPSA) is 73.2 Å². The summed E-state index contributed by atoms with van der Waals surface area (Å²) in [4.78, 5) is 25.7. The number of nitriles is 1. The van der Waals surface area contributed by atoms with Crippen molar-refractivity contribution in [1.29, 1.82) is 5.26 Å². The lowest BCUT2D eigenvalue weighted by molar-refractivity contribution is -0.116. The molecule has 0 unspecified atom stereocenters. The maximum absolute atomic E-state index is 12.2. The van der Waals surface area contributed by atoms with Crippen LogP contribution in [0.5, 0.6) is 0 Å². The van der Waals surface area contributed by atoms with Gasteiger partial charge in [-0.05, 0) is 61.4 Å². The summed E-state index contributed by atoms with van der Waals surface area (Å²) in [5, 5.41) is 11.7. The van der Waals surface area contributed by atoms with Gasteiger partial charge >= 0.3 is 0 Å². The van der Waals surface area contributed by atoms with Gasteiger partial charge in [0.1, 0.15) is 0 Å². The number of hydrogen-bond donors (Lipinski definition) is 1. The van der Waals surface area contributed by atoms with Crippen LogP contribution in [0.15, 0.2) is 42.5 Å². The van der Waals surface area contributed by atoms with Gasteiger partial charge in [0.25, 0.3) is 5.91 Å². The third-order valence-electron chi connectivity index (χ3n) is 4.08. The van der Waals surface area contributed by atoms with E-state index in [1.165, 1.54) is 6.92 Å². The first-order chi connectivity index (χ1) is 11.9. The molecule has 0 aliphatic heterocycles. The molecule has 0 heterocycles. The summed E-state index contributed by atoms with van der Waals surface area (Å²) in [6.07, 6.45) is 0. The van der Waals surface area contributed by atoms with Crippen LogP contribution in [-0.2, 0) is 4.79 Å². The summed E-state index contributed by atoms with van der Waals surface area (Å²) in [5.41, 5.74) is 4.05. The molecular weight excluding hydrogens is 314 g/mol. The molecule has 5 heteroatoms. The molecule has 2 rings (SSSR count). The van der Waals surface area contributed by atoms with E-state index in [1.54, 1.807) is 35.2 Å². The van der Waals surface area contributed by atoms with E-state index in [0.29, 0.717) is 29.9 Å². The van der Waals surface area contributed by atoms with Crippen LogP contribution in [0.3, 0.4) is 0 Å². The molecule has 2 aromatic rings. The maximum Gasteiger partial charge on any atom is 0.251 e.